The van der Waals surface area contributed by atoms with Crippen molar-refractivity contribution >= 4 is 22.4 Å². The number of ether oxygens (including phenoxy) is 2. The van der Waals surface area contributed by atoms with E-state index in [4.69, 9.17) is 9.47 Å². The minimum atomic E-state index is -3.68. The summed E-state index contributed by atoms with van der Waals surface area (Å²) >= 11 is 0. The molecule has 4 rings (SSSR count). The van der Waals surface area contributed by atoms with Gasteiger partial charge in [-0.05, 0) is 12.1 Å². The molecule has 0 bridgehead atoms. The highest BCUT2D eigenvalue weighted by Crippen LogP contribution is 2.35. The number of hydrogen-bond donors (Lipinski definition) is 1. The fourth-order valence-electron chi connectivity index (χ4n) is 3.21. The summed E-state index contributed by atoms with van der Waals surface area (Å²) in [5, 5.41) is 3.25. The van der Waals surface area contributed by atoms with Crippen molar-refractivity contribution in [2.24, 2.45) is 7.05 Å². The van der Waals surface area contributed by atoms with Gasteiger partial charge in [-0.1, -0.05) is 0 Å². The molecule has 0 radical (unpaired) electrons. The molecule has 1 fully saturated rings. The van der Waals surface area contributed by atoms with E-state index in [0.717, 1.165) is 0 Å². The van der Waals surface area contributed by atoms with Crippen LogP contribution in [0.4, 0.5) is 0 Å². The van der Waals surface area contributed by atoms with Crippen LogP contribution in [0.1, 0.15) is 11.9 Å². The number of nitrogens with one attached hydrogen (secondary N) is 1. The number of nitrogens with zero attached hydrogens (tertiary/aromatic N) is 3. The van der Waals surface area contributed by atoms with Gasteiger partial charge in [-0.2, -0.15) is 4.31 Å². The van der Waals surface area contributed by atoms with Gasteiger partial charge in [0.05, 0.1) is 10.9 Å². The molecule has 0 spiro atoms. The summed E-state index contributed by atoms with van der Waals surface area (Å²) < 4.78 is 40.9. The number of aryl methyl sites for hydroxylation is 1. The van der Waals surface area contributed by atoms with Crippen molar-refractivity contribution in [3.63, 3.8) is 0 Å². The predicted octanol–water partition coefficient (Wildman–Crippen LogP) is 0.948. The Labute approximate surface area is 158 Å². The maximum atomic E-state index is 13.3. The van der Waals surface area contributed by atoms with Crippen molar-refractivity contribution in [3.05, 3.63) is 36.4 Å². The highest BCUT2D eigenvalue weighted by atomic mass is 35.5. The Morgan fingerprint density at radius 3 is 2.73 bits per heavy atom. The van der Waals surface area contributed by atoms with Crippen LogP contribution in [0.3, 0.4) is 0 Å². The van der Waals surface area contributed by atoms with Crippen molar-refractivity contribution in [2.45, 2.75) is 10.9 Å². The lowest BCUT2D eigenvalue weighted by Crippen LogP contribution is -2.49. The molecule has 1 saturated heterocycles. The first kappa shape index (κ1) is 19.0. The molecule has 1 aromatic heterocycles. The van der Waals surface area contributed by atoms with Crippen LogP contribution in [-0.2, 0) is 17.1 Å². The standard InChI is InChI=1S/C16H20N4O4S.ClH/c1-19-6-5-18-16(19)13-11-17-4-7-20(13)25(21,22)12-2-3-14-15(10-12)24-9-8-23-14;/h2-3,5-6,10,13,17H,4,7-9,11H2,1H3;1H. The van der Waals surface area contributed by atoms with Crippen LogP contribution in [0, 0.1) is 0 Å². The lowest BCUT2D eigenvalue weighted by Gasteiger charge is -2.34. The summed E-state index contributed by atoms with van der Waals surface area (Å²) in [6.07, 6.45) is 3.50. The van der Waals surface area contributed by atoms with Gasteiger partial charge in [0.25, 0.3) is 0 Å². The zero-order chi connectivity index (χ0) is 17.4. The van der Waals surface area contributed by atoms with Gasteiger partial charge in [-0.25, -0.2) is 13.4 Å². The number of hydrogen-bond acceptors (Lipinski definition) is 6. The Morgan fingerprint density at radius 1 is 1.23 bits per heavy atom. The van der Waals surface area contributed by atoms with Gasteiger partial charge in [0, 0.05) is 45.1 Å². The molecule has 8 nitrogen and oxygen atoms in total. The Balaban J connectivity index is 0.00000196. The van der Waals surface area contributed by atoms with E-state index in [-0.39, 0.29) is 23.3 Å². The predicted molar refractivity (Wildman–Crippen MR) is 97.4 cm³/mol. The first-order valence-corrected chi connectivity index (χ1v) is 9.61. The van der Waals surface area contributed by atoms with E-state index in [1.165, 1.54) is 4.31 Å². The Bertz CT molecular complexity index is 886. The topological polar surface area (TPSA) is 85.7 Å². The quantitative estimate of drug-likeness (QED) is 0.825. The maximum Gasteiger partial charge on any atom is 0.243 e. The molecule has 26 heavy (non-hydrogen) atoms. The number of halogens is 1. The van der Waals surface area contributed by atoms with Crippen molar-refractivity contribution in [3.8, 4) is 11.5 Å². The highest BCUT2D eigenvalue weighted by Gasteiger charge is 2.36. The van der Waals surface area contributed by atoms with Gasteiger partial charge in [-0.3, -0.25) is 0 Å². The van der Waals surface area contributed by atoms with Crippen LogP contribution in [0.25, 0.3) is 0 Å². The Kier molecular flexibility index (Phi) is 5.42. The van der Waals surface area contributed by atoms with E-state index >= 15 is 0 Å². The van der Waals surface area contributed by atoms with Gasteiger partial charge in [-0.15, -0.1) is 12.4 Å². The second kappa shape index (κ2) is 7.43. The molecule has 1 N–H and O–H groups in total. The molecule has 1 unspecified atom stereocenters. The van der Waals surface area contributed by atoms with Gasteiger partial charge in [0.1, 0.15) is 19.0 Å². The second-order valence-corrected chi connectivity index (χ2v) is 7.93. The van der Waals surface area contributed by atoms with Gasteiger partial charge in [0.15, 0.2) is 11.5 Å². The zero-order valence-corrected chi connectivity index (χ0v) is 15.9. The first-order valence-electron chi connectivity index (χ1n) is 8.17. The van der Waals surface area contributed by atoms with E-state index in [1.54, 1.807) is 24.4 Å². The Hall–Kier alpha value is -1.81. The molecule has 0 amide bonds. The summed E-state index contributed by atoms with van der Waals surface area (Å²) in [6.45, 7) is 2.39. The summed E-state index contributed by atoms with van der Waals surface area (Å²) in [6, 6.07) is 4.41. The minimum Gasteiger partial charge on any atom is -0.486 e. The number of fused-ring (bicyclic) bond motifs is 1. The van der Waals surface area contributed by atoms with E-state index in [2.05, 4.69) is 10.3 Å². The molecule has 2 aliphatic heterocycles. The summed E-state index contributed by atoms with van der Waals surface area (Å²) in [5.41, 5.74) is 0. The van der Waals surface area contributed by atoms with Crippen LogP contribution in [0.2, 0.25) is 0 Å². The monoisotopic (exact) mass is 400 g/mol. The third kappa shape index (κ3) is 3.27. The normalized spacial score (nSPS) is 20.4. The number of aromatic nitrogens is 2. The van der Waals surface area contributed by atoms with Crippen molar-refractivity contribution in [1.29, 1.82) is 0 Å². The summed E-state index contributed by atoms with van der Waals surface area (Å²) in [5.74, 6) is 1.76. The lowest BCUT2D eigenvalue weighted by atomic mass is 10.2. The fraction of sp³-hybridized carbons (Fsp3) is 0.438. The lowest BCUT2D eigenvalue weighted by molar-refractivity contribution is 0.171. The minimum absolute atomic E-state index is 0. The third-order valence-electron chi connectivity index (χ3n) is 4.47. The van der Waals surface area contributed by atoms with Crippen molar-refractivity contribution < 1.29 is 17.9 Å². The average Bonchev–Trinajstić information content (AvgIpc) is 3.07. The SMILES string of the molecule is Cl.Cn1ccnc1C1CNCCN1S(=O)(=O)c1ccc2c(c1)OCCO2. The van der Waals surface area contributed by atoms with Crippen LogP contribution in [0.5, 0.6) is 11.5 Å². The number of piperazine rings is 1. The number of imidazole rings is 1. The molecule has 1 aromatic carbocycles. The fourth-order valence-corrected chi connectivity index (χ4v) is 4.81. The van der Waals surface area contributed by atoms with E-state index in [0.29, 0.717) is 50.2 Å². The van der Waals surface area contributed by atoms with Crippen LogP contribution >= 0.6 is 12.4 Å². The van der Waals surface area contributed by atoms with Crippen LogP contribution in [-0.4, -0.2) is 55.1 Å². The number of benzene rings is 1. The second-order valence-electron chi connectivity index (χ2n) is 6.04. The molecule has 0 aliphatic carbocycles. The highest BCUT2D eigenvalue weighted by molar-refractivity contribution is 7.89. The van der Waals surface area contributed by atoms with Crippen molar-refractivity contribution in [1.82, 2.24) is 19.2 Å². The van der Waals surface area contributed by atoms with E-state index < -0.39 is 10.0 Å². The largest absolute Gasteiger partial charge is 0.486 e. The molecular weight excluding hydrogens is 380 g/mol. The smallest absolute Gasteiger partial charge is 0.243 e. The van der Waals surface area contributed by atoms with E-state index in [9.17, 15) is 8.42 Å². The molecule has 142 valence electrons. The summed E-state index contributed by atoms with van der Waals surface area (Å²) in [7, 11) is -1.82. The van der Waals surface area contributed by atoms with Gasteiger partial charge >= 0.3 is 0 Å². The third-order valence-corrected chi connectivity index (χ3v) is 6.38. The average molecular weight is 401 g/mol. The number of rotatable bonds is 3. The molecule has 1 atom stereocenters. The molecular formula is C16H21ClN4O4S. The molecule has 2 aliphatic rings. The molecule has 0 saturated carbocycles. The zero-order valence-electron chi connectivity index (χ0n) is 14.3. The summed E-state index contributed by atoms with van der Waals surface area (Å²) in [4.78, 5) is 4.55. The molecule has 2 aromatic rings. The van der Waals surface area contributed by atoms with Crippen LogP contribution < -0.4 is 14.8 Å². The molecule has 10 heteroatoms. The first-order chi connectivity index (χ1) is 12.1. The van der Waals surface area contributed by atoms with Gasteiger partial charge in [0.2, 0.25) is 10.0 Å². The maximum absolute atomic E-state index is 13.3. The van der Waals surface area contributed by atoms with Gasteiger partial charge < -0.3 is 19.4 Å². The Morgan fingerprint density at radius 2 is 2.00 bits per heavy atom. The number of sulfonamides is 1. The van der Waals surface area contributed by atoms with Crippen LogP contribution in [0.15, 0.2) is 35.5 Å². The van der Waals surface area contributed by atoms with Crippen molar-refractivity contribution in [2.75, 3.05) is 32.8 Å². The van der Waals surface area contributed by atoms with E-state index in [1.807, 2.05) is 17.8 Å². The molecule has 3 heterocycles.